The molecule has 1 fully saturated rings. The van der Waals surface area contributed by atoms with Crippen molar-refractivity contribution in [2.45, 2.75) is 24.7 Å². The van der Waals surface area contributed by atoms with E-state index >= 15 is 0 Å². The molecule has 1 aromatic heterocycles. The summed E-state index contributed by atoms with van der Waals surface area (Å²) >= 11 is 1.87. The molecule has 0 saturated carbocycles. The Morgan fingerprint density at radius 3 is 3.31 bits per heavy atom. The van der Waals surface area contributed by atoms with E-state index in [4.69, 9.17) is 10.4 Å². The summed E-state index contributed by atoms with van der Waals surface area (Å²) in [5.74, 6) is 7.29. The van der Waals surface area contributed by atoms with E-state index in [0.29, 0.717) is 11.1 Å². The summed E-state index contributed by atoms with van der Waals surface area (Å²) in [6.45, 7) is 0.185. The third-order valence-electron chi connectivity index (χ3n) is 1.91. The molecule has 2 N–H and O–H groups in total. The van der Waals surface area contributed by atoms with E-state index in [2.05, 4.69) is 15.0 Å². The van der Waals surface area contributed by atoms with Crippen LogP contribution in [0, 0.1) is 0 Å². The molecule has 0 radical (unpaired) electrons. The number of aromatic nitrogens is 2. The zero-order valence-electron chi connectivity index (χ0n) is 7.10. The second-order valence-electron chi connectivity index (χ2n) is 2.86. The normalized spacial score (nSPS) is 22.4. The minimum absolute atomic E-state index is 0.185. The Morgan fingerprint density at radius 1 is 1.69 bits per heavy atom. The largest absolute Gasteiger partial charge is 0.337 e. The summed E-state index contributed by atoms with van der Waals surface area (Å²) in [6.07, 6.45) is 2.36. The Bertz CT molecular complexity index is 272. The number of nitrogens with two attached hydrogens (primary N) is 1. The number of hydrogen-bond acceptors (Lipinski definition) is 6. The van der Waals surface area contributed by atoms with E-state index in [0.717, 1.165) is 12.2 Å². The van der Waals surface area contributed by atoms with E-state index in [1.165, 1.54) is 12.2 Å². The van der Waals surface area contributed by atoms with Crippen molar-refractivity contribution >= 4 is 11.8 Å². The van der Waals surface area contributed by atoms with E-state index in [1.54, 1.807) is 0 Å². The minimum Gasteiger partial charge on any atom is -0.337 e. The van der Waals surface area contributed by atoms with Gasteiger partial charge in [-0.3, -0.25) is 4.84 Å². The van der Waals surface area contributed by atoms with Crippen molar-refractivity contribution in [1.29, 1.82) is 0 Å². The fourth-order valence-corrected chi connectivity index (χ4v) is 2.51. The van der Waals surface area contributed by atoms with E-state index < -0.39 is 0 Å². The first kappa shape index (κ1) is 8.98. The maximum Gasteiger partial charge on any atom is 0.254 e. The molecule has 1 aliphatic heterocycles. The lowest BCUT2D eigenvalue weighted by Crippen LogP contribution is -1.99. The van der Waals surface area contributed by atoms with Crippen molar-refractivity contribution in [2.24, 2.45) is 5.90 Å². The predicted octanol–water partition coefficient (Wildman–Crippen LogP) is 1.03. The van der Waals surface area contributed by atoms with Gasteiger partial charge in [0.2, 0.25) is 0 Å². The highest BCUT2D eigenvalue weighted by Crippen LogP contribution is 2.38. The number of hydrogen-bond donors (Lipinski definition) is 1. The fraction of sp³-hybridized carbons (Fsp3) is 0.714. The van der Waals surface area contributed by atoms with Gasteiger partial charge in [-0.25, -0.2) is 5.90 Å². The highest BCUT2D eigenvalue weighted by atomic mass is 32.2. The number of thioether (sulfide) groups is 1. The smallest absolute Gasteiger partial charge is 0.254 e. The van der Waals surface area contributed by atoms with Gasteiger partial charge in [0, 0.05) is 0 Å². The van der Waals surface area contributed by atoms with Gasteiger partial charge in [-0.05, 0) is 18.6 Å². The average Bonchev–Trinajstić information content (AvgIpc) is 2.70. The van der Waals surface area contributed by atoms with Gasteiger partial charge in [0.05, 0.1) is 5.25 Å². The second kappa shape index (κ2) is 4.08. The fourth-order valence-electron chi connectivity index (χ4n) is 1.31. The van der Waals surface area contributed by atoms with Gasteiger partial charge < -0.3 is 4.52 Å². The van der Waals surface area contributed by atoms with Crippen molar-refractivity contribution in [3.05, 3.63) is 11.7 Å². The number of nitrogens with zero attached hydrogens (tertiary/aromatic N) is 2. The first-order valence-electron chi connectivity index (χ1n) is 4.16. The van der Waals surface area contributed by atoms with Gasteiger partial charge in [-0.1, -0.05) is 5.16 Å². The molecule has 5 nitrogen and oxygen atoms in total. The molecule has 2 heterocycles. The van der Waals surface area contributed by atoms with Crippen LogP contribution < -0.4 is 5.90 Å². The molecule has 2 rings (SSSR count). The molecule has 1 aliphatic rings. The average molecular weight is 201 g/mol. The first-order chi connectivity index (χ1) is 6.40. The molecule has 72 valence electrons. The SMILES string of the molecule is NOCc1nc(C2CCCS2)no1. The first-order valence-corrected chi connectivity index (χ1v) is 5.21. The number of rotatable bonds is 3. The molecule has 1 unspecified atom stereocenters. The summed E-state index contributed by atoms with van der Waals surface area (Å²) in [4.78, 5) is 8.58. The van der Waals surface area contributed by atoms with Crippen LogP contribution in [-0.4, -0.2) is 15.9 Å². The van der Waals surface area contributed by atoms with Gasteiger partial charge in [-0.15, -0.1) is 0 Å². The predicted molar refractivity (Wildman–Crippen MR) is 47.7 cm³/mol. The maximum absolute atomic E-state index is 4.94. The van der Waals surface area contributed by atoms with Crippen LogP contribution in [0.4, 0.5) is 0 Å². The summed E-state index contributed by atoms with van der Waals surface area (Å²) in [6, 6.07) is 0. The summed E-state index contributed by atoms with van der Waals surface area (Å²) in [5, 5.41) is 4.27. The lowest BCUT2D eigenvalue weighted by molar-refractivity contribution is 0.0995. The van der Waals surface area contributed by atoms with Crippen LogP contribution in [0.2, 0.25) is 0 Å². The third-order valence-corrected chi connectivity index (χ3v) is 3.28. The Hall–Kier alpha value is -0.590. The van der Waals surface area contributed by atoms with Gasteiger partial charge in [-0.2, -0.15) is 16.7 Å². The zero-order chi connectivity index (χ0) is 9.10. The van der Waals surface area contributed by atoms with Gasteiger partial charge in [0.25, 0.3) is 5.89 Å². The van der Waals surface area contributed by atoms with E-state index in [-0.39, 0.29) is 6.61 Å². The lowest BCUT2D eigenvalue weighted by Gasteiger charge is -1.98. The van der Waals surface area contributed by atoms with Crippen LogP contribution in [0.5, 0.6) is 0 Å². The molecule has 0 aliphatic carbocycles. The van der Waals surface area contributed by atoms with Gasteiger partial charge in [0.1, 0.15) is 6.61 Å². The molecule has 0 amide bonds. The molecule has 1 aromatic rings. The second-order valence-corrected chi connectivity index (χ2v) is 4.17. The molecule has 1 saturated heterocycles. The Balaban J connectivity index is 2.03. The Morgan fingerprint density at radius 2 is 2.62 bits per heavy atom. The summed E-state index contributed by atoms with van der Waals surface area (Å²) in [5.41, 5.74) is 0. The van der Waals surface area contributed by atoms with E-state index in [9.17, 15) is 0 Å². The third kappa shape index (κ3) is 2.01. The Labute approximate surface area is 80.0 Å². The van der Waals surface area contributed by atoms with Crippen molar-refractivity contribution in [3.8, 4) is 0 Å². The quantitative estimate of drug-likeness (QED) is 0.736. The van der Waals surface area contributed by atoms with Crippen molar-refractivity contribution < 1.29 is 9.36 Å². The molecule has 13 heavy (non-hydrogen) atoms. The van der Waals surface area contributed by atoms with Crippen LogP contribution in [0.3, 0.4) is 0 Å². The van der Waals surface area contributed by atoms with E-state index in [1.807, 2.05) is 11.8 Å². The lowest BCUT2D eigenvalue weighted by atomic mass is 10.2. The van der Waals surface area contributed by atoms with Crippen LogP contribution in [0.1, 0.15) is 29.8 Å². The molecule has 0 bridgehead atoms. The van der Waals surface area contributed by atoms with Crippen LogP contribution in [-0.2, 0) is 11.4 Å². The van der Waals surface area contributed by atoms with Gasteiger partial charge in [0.15, 0.2) is 5.82 Å². The van der Waals surface area contributed by atoms with Crippen LogP contribution in [0.15, 0.2) is 4.52 Å². The molecule has 6 heteroatoms. The molecular formula is C7H11N3O2S. The monoisotopic (exact) mass is 201 g/mol. The van der Waals surface area contributed by atoms with Crippen molar-refractivity contribution in [2.75, 3.05) is 5.75 Å². The standard InChI is InChI=1S/C7H11N3O2S/c8-11-4-6-9-7(10-12-6)5-2-1-3-13-5/h5H,1-4,8H2. The molecule has 1 atom stereocenters. The maximum atomic E-state index is 4.94. The molecule has 0 spiro atoms. The van der Waals surface area contributed by atoms with Crippen LogP contribution >= 0.6 is 11.8 Å². The zero-order valence-corrected chi connectivity index (χ0v) is 7.92. The highest BCUT2D eigenvalue weighted by molar-refractivity contribution is 7.99. The van der Waals surface area contributed by atoms with Crippen molar-refractivity contribution in [1.82, 2.24) is 10.1 Å². The highest BCUT2D eigenvalue weighted by Gasteiger charge is 2.22. The molecule has 0 aromatic carbocycles. The minimum atomic E-state index is 0.185. The topological polar surface area (TPSA) is 74.2 Å². The summed E-state index contributed by atoms with van der Waals surface area (Å²) in [7, 11) is 0. The summed E-state index contributed by atoms with van der Waals surface area (Å²) < 4.78 is 4.94. The van der Waals surface area contributed by atoms with Crippen LogP contribution in [0.25, 0.3) is 0 Å². The van der Waals surface area contributed by atoms with Gasteiger partial charge >= 0.3 is 0 Å². The van der Waals surface area contributed by atoms with Crippen molar-refractivity contribution in [3.63, 3.8) is 0 Å². The molecular weight excluding hydrogens is 190 g/mol. The Kier molecular flexibility index (Phi) is 2.82.